The summed E-state index contributed by atoms with van der Waals surface area (Å²) >= 11 is 3.31. The number of unbranched alkanes of at least 4 members (excludes halogenated alkanes) is 1. The Morgan fingerprint density at radius 2 is 2.14 bits per heavy atom. The van der Waals surface area contributed by atoms with Crippen LogP contribution in [0.4, 0.5) is 0 Å². The van der Waals surface area contributed by atoms with E-state index < -0.39 is 0 Å². The second kappa shape index (κ2) is 6.40. The van der Waals surface area contributed by atoms with Gasteiger partial charge in [-0.3, -0.25) is 11.3 Å². The maximum absolute atomic E-state index is 5.00. The highest BCUT2D eigenvalue weighted by Crippen LogP contribution is 1.90. The van der Waals surface area contributed by atoms with Crippen molar-refractivity contribution in [3.63, 3.8) is 0 Å². The summed E-state index contributed by atoms with van der Waals surface area (Å²) in [5.41, 5.74) is 2.58. The molecule has 3 heteroatoms. The molecule has 44 valence electrons. The molecule has 0 aromatic heterocycles. The minimum Gasteiger partial charge on any atom is -0.271 e. The Hall–Kier alpha value is 0.400. The average Bonchev–Trinajstić information content (AvgIpc) is 1.69. The zero-order chi connectivity index (χ0) is 5.54. The lowest BCUT2D eigenvalue weighted by molar-refractivity contribution is 0.673. The number of hydrogen-bond acceptors (Lipinski definition) is 2. The number of nitrogens with two attached hydrogens (primary N) is 1. The van der Waals surface area contributed by atoms with Crippen LogP contribution in [-0.2, 0) is 0 Å². The minimum absolute atomic E-state index is 0.922. The van der Waals surface area contributed by atoms with Crippen molar-refractivity contribution in [2.45, 2.75) is 12.8 Å². The zero-order valence-corrected chi connectivity index (χ0v) is 5.87. The van der Waals surface area contributed by atoms with Gasteiger partial charge in [0, 0.05) is 11.9 Å². The van der Waals surface area contributed by atoms with Crippen LogP contribution in [0.15, 0.2) is 0 Å². The molecular formula is C4H11BrN2. The monoisotopic (exact) mass is 166 g/mol. The van der Waals surface area contributed by atoms with Gasteiger partial charge in [-0.05, 0) is 12.8 Å². The molecule has 0 radical (unpaired) electrons. The Bertz CT molecular complexity index is 28.9. The third-order valence-corrected chi connectivity index (χ3v) is 1.27. The number of nitrogens with one attached hydrogen (secondary N) is 1. The predicted molar refractivity (Wildman–Crippen MR) is 35.2 cm³/mol. The minimum atomic E-state index is 0.922. The van der Waals surface area contributed by atoms with E-state index in [1.54, 1.807) is 0 Å². The quantitative estimate of drug-likeness (QED) is 0.279. The van der Waals surface area contributed by atoms with Crippen LogP contribution in [-0.4, -0.2) is 11.9 Å². The van der Waals surface area contributed by atoms with Gasteiger partial charge in [0.25, 0.3) is 0 Å². The molecule has 0 unspecified atom stereocenters. The Morgan fingerprint density at radius 3 is 2.57 bits per heavy atom. The Morgan fingerprint density at radius 1 is 1.43 bits per heavy atom. The van der Waals surface area contributed by atoms with E-state index in [1.165, 1.54) is 6.42 Å². The number of alkyl halides is 1. The Kier molecular flexibility index (Phi) is 6.77. The summed E-state index contributed by atoms with van der Waals surface area (Å²) in [6.07, 6.45) is 2.35. The summed E-state index contributed by atoms with van der Waals surface area (Å²) in [5, 5.41) is 1.08. The van der Waals surface area contributed by atoms with Crippen LogP contribution in [0, 0.1) is 0 Å². The molecule has 0 aliphatic rings. The molecule has 0 atom stereocenters. The van der Waals surface area contributed by atoms with Crippen molar-refractivity contribution in [1.29, 1.82) is 0 Å². The summed E-state index contributed by atoms with van der Waals surface area (Å²) < 4.78 is 0. The molecule has 0 aliphatic carbocycles. The van der Waals surface area contributed by atoms with E-state index in [4.69, 9.17) is 5.84 Å². The molecular weight excluding hydrogens is 156 g/mol. The first kappa shape index (κ1) is 7.40. The normalized spacial score (nSPS) is 9.43. The van der Waals surface area contributed by atoms with Gasteiger partial charge in [0.2, 0.25) is 0 Å². The van der Waals surface area contributed by atoms with Crippen LogP contribution in [0.5, 0.6) is 0 Å². The third-order valence-electron chi connectivity index (χ3n) is 0.705. The molecule has 2 nitrogen and oxygen atoms in total. The van der Waals surface area contributed by atoms with Crippen LogP contribution in [0.2, 0.25) is 0 Å². The summed E-state index contributed by atoms with van der Waals surface area (Å²) in [6, 6.07) is 0. The predicted octanol–water partition coefficient (Wildman–Crippen LogP) is 0.625. The van der Waals surface area contributed by atoms with Gasteiger partial charge in [-0.25, -0.2) is 0 Å². The summed E-state index contributed by atoms with van der Waals surface area (Å²) in [7, 11) is 0. The van der Waals surface area contributed by atoms with Gasteiger partial charge < -0.3 is 0 Å². The van der Waals surface area contributed by atoms with Gasteiger partial charge >= 0.3 is 0 Å². The molecule has 0 heterocycles. The maximum atomic E-state index is 5.00. The molecule has 0 aliphatic heterocycles. The molecule has 0 rings (SSSR count). The van der Waals surface area contributed by atoms with Crippen molar-refractivity contribution in [3.8, 4) is 0 Å². The van der Waals surface area contributed by atoms with Crippen LogP contribution < -0.4 is 11.3 Å². The van der Waals surface area contributed by atoms with E-state index in [0.717, 1.165) is 18.3 Å². The average molecular weight is 167 g/mol. The highest BCUT2D eigenvalue weighted by Gasteiger charge is 1.80. The molecule has 0 saturated carbocycles. The second-order valence-electron chi connectivity index (χ2n) is 1.35. The number of hydrogen-bond donors (Lipinski definition) is 2. The highest BCUT2D eigenvalue weighted by atomic mass is 79.9. The first-order chi connectivity index (χ1) is 3.41. The van der Waals surface area contributed by atoms with E-state index in [1.807, 2.05) is 0 Å². The fourth-order valence-electron chi connectivity index (χ4n) is 0.322. The highest BCUT2D eigenvalue weighted by molar-refractivity contribution is 9.09. The maximum Gasteiger partial charge on any atom is 0.00976 e. The molecule has 3 N–H and O–H groups in total. The molecule has 0 bridgehead atoms. The van der Waals surface area contributed by atoms with Crippen molar-refractivity contribution < 1.29 is 0 Å². The van der Waals surface area contributed by atoms with Gasteiger partial charge in [0.1, 0.15) is 0 Å². The SMILES string of the molecule is NNCCCCBr. The topological polar surface area (TPSA) is 38.0 Å². The van der Waals surface area contributed by atoms with Crippen molar-refractivity contribution in [2.24, 2.45) is 5.84 Å². The molecule has 0 amide bonds. The van der Waals surface area contributed by atoms with Crippen molar-refractivity contribution in [3.05, 3.63) is 0 Å². The van der Waals surface area contributed by atoms with Crippen LogP contribution in [0.25, 0.3) is 0 Å². The van der Waals surface area contributed by atoms with Crippen molar-refractivity contribution in [1.82, 2.24) is 5.43 Å². The second-order valence-corrected chi connectivity index (χ2v) is 2.14. The molecule has 0 fully saturated rings. The van der Waals surface area contributed by atoms with E-state index in [-0.39, 0.29) is 0 Å². The van der Waals surface area contributed by atoms with Crippen molar-refractivity contribution >= 4 is 15.9 Å². The van der Waals surface area contributed by atoms with Crippen LogP contribution >= 0.6 is 15.9 Å². The fourth-order valence-corrected chi connectivity index (χ4v) is 0.718. The van der Waals surface area contributed by atoms with Gasteiger partial charge in [-0.15, -0.1) is 0 Å². The lowest BCUT2D eigenvalue weighted by atomic mass is 10.3. The smallest absolute Gasteiger partial charge is 0.00976 e. The van der Waals surface area contributed by atoms with Gasteiger partial charge in [0.15, 0.2) is 0 Å². The molecule has 7 heavy (non-hydrogen) atoms. The Balaban J connectivity index is 2.45. The first-order valence-electron chi connectivity index (χ1n) is 2.41. The molecule has 0 spiro atoms. The van der Waals surface area contributed by atoms with Gasteiger partial charge in [0.05, 0.1) is 0 Å². The molecule has 0 aromatic carbocycles. The lowest BCUT2D eigenvalue weighted by Crippen LogP contribution is -2.22. The number of rotatable bonds is 4. The zero-order valence-electron chi connectivity index (χ0n) is 4.28. The van der Waals surface area contributed by atoms with Crippen LogP contribution in [0.3, 0.4) is 0 Å². The summed E-state index contributed by atoms with van der Waals surface area (Å²) in [4.78, 5) is 0. The van der Waals surface area contributed by atoms with Gasteiger partial charge in [-0.2, -0.15) is 0 Å². The van der Waals surface area contributed by atoms with Crippen LogP contribution in [0.1, 0.15) is 12.8 Å². The van der Waals surface area contributed by atoms with Crippen molar-refractivity contribution in [2.75, 3.05) is 11.9 Å². The van der Waals surface area contributed by atoms with Gasteiger partial charge in [-0.1, -0.05) is 15.9 Å². The number of hydrazine groups is 1. The summed E-state index contributed by atoms with van der Waals surface area (Å²) in [6.45, 7) is 0.922. The fraction of sp³-hybridized carbons (Fsp3) is 1.00. The third kappa shape index (κ3) is 6.40. The first-order valence-corrected chi connectivity index (χ1v) is 3.53. The number of halogens is 1. The van der Waals surface area contributed by atoms with E-state index in [0.29, 0.717) is 0 Å². The molecule has 0 aromatic rings. The van der Waals surface area contributed by atoms with E-state index in [2.05, 4.69) is 21.4 Å². The van der Waals surface area contributed by atoms with E-state index in [9.17, 15) is 0 Å². The standard InChI is InChI=1S/C4H11BrN2/c5-3-1-2-4-7-6/h7H,1-4,6H2. The summed E-state index contributed by atoms with van der Waals surface area (Å²) in [5.74, 6) is 5.00. The Labute approximate surface area is 52.6 Å². The van der Waals surface area contributed by atoms with E-state index >= 15 is 0 Å². The lowest BCUT2D eigenvalue weighted by Gasteiger charge is -1.92. The molecule has 0 saturated heterocycles. The largest absolute Gasteiger partial charge is 0.271 e.